The van der Waals surface area contributed by atoms with Crippen molar-refractivity contribution in [1.82, 2.24) is 19.5 Å². The van der Waals surface area contributed by atoms with Gasteiger partial charge in [0.1, 0.15) is 6.61 Å². The average Bonchev–Trinajstić information content (AvgIpc) is 3.87. The normalized spacial score (nSPS) is 11.4. The summed E-state index contributed by atoms with van der Waals surface area (Å²) in [7, 11) is 0. The number of rotatable bonds is 7. The molecular weight excluding hydrogens is 757 g/mol. The Morgan fingerprint density at radius 3 is 1.55 bits per heavy atom. The van der Waals surface area contributed by atoms with Crippen molar-refractivity contribution in [1.29, 1.82) is 0 Å². The molecule has 6 nitrogen and oxygen atoms in total. The van der Waals surface area contributed by atoms with Crippen molar-refractivity contribution in [2.24, 2.45) is 0 Å². The van der Waals surface area contributed by atoms with Crippen LogP contribution in [0.5, 0.6) is 0 Å². The van der Waals surface area contributed by atoms with Gasteiger partial charge in [-0.3, -0.25) is 4.79 Å². The van der Waals surface area contributed by atoms with Crippen molar-refractivity contribution in [3.63, 3.8) is 0 Å². The second-order valence-electron chi connectivity index (χ2n) is 14.3. The van der Waals surface area contributed by atoms with Crippen LogP contribution in [-0.4, -0.2) is 26.0 Å². The lowest BCUT2D eigenvalue weighted by molar-refractivity contribution is -0.129. The van der Waals surface area contributed by atoms with Gasteiger partial charge in [-0.25, -0.2) is 15.0 Å². The molecule has 3 heterocycles. The molecule has 3 aromatic heterocycles. The van der Waals surface area contributed by atoms with Gasteiger partial charge in [0, 0.05) is 53.3 Å². The summed E-state index contributed by atoms with van der Waals surface area (Å²) < 4.78 is 15.8. The summed E-state index contributed by atoms with van der Waals surface area (Å²) in [6.45, 7) is 0.184. The third kappa shape index (κ3) is 7.19. The highest BCUT2D eigenvalue weighted by Crippen LogP contribution is 2.40. The number of fused-ring (bicyclic) bond motifs is 6. The lowest BCUT2D eigenvalue weighted by Crippen LogP contribution is -2.00. The van der Waals surface area contributed by atoms with Crippen molar-refractivity contribution < 1.29 is 10.9 Å². The van der Waals surface area contributed by atoms with Gasteiger partial charge in [-0.1, -0.05) is 140 Å². The molecule has 11 rings (SSSR count). The van der Waals surface area contributed by atoms with Crippen LogP contribution in [0.4, 0.5) is 0 Å². The number of hydrogen-bond acceptors (Lipinski definition) is 6. The van der Waals surface area contributed by atoms with Crippen LogP contribution < -0.4 is 0 Å². The van der Waals surface area contributed by atoms with Crippen molar-refractivity contribution in [2.45, 2.75) is 6.61 Å². The number of nitrogens with zero attached hydrogens (tertiary/aromatic N) is 4. The van der Waals surface area contributed by atoms with Crippen LogP contribution in [0.1, 0.15) is 6.93 Å². The Kier molecular flexibility index (Phi) is 9.60. The summed E-state index contributed by atoms with van der Waals surface area (Å²) in [4.78, 5) is 24.9. The second-order valence-corrected chi connectivity index (χ2v) is 15.4. The van der Waals surface area contributed by atoms with E-state index in [1.165, 1.54) is 58.8 Å². The Balaban J connectivity index is 0.000000355. The van der Waals surface area contributed by atoms with Crippen molar-refractivity contribution in [3.8, 4) is 51.0 Å². The maximum atomic E-state index is 10.1. The minimum absolute atomic E-state index is 0.184. The smallest absolute Gasteiger partial charge is 0.293 e. The average molecular weight is 795 g/mol. The molecule has 0 fully saturated rings. The molecule has 0 bridgehead atoms. The topological polar surface area (TPSA) is 69.9 Å². The van der Waals surface area contributed by atoms with Crippen molar-refractivity contribution in [3.05, 3.63) is 206 Å². The number of carbonyl (C=O) groups is 1. The van der Waals surface area contributed by atoms with E-state index in [2.05, 4.69) is 118 Å². The summed E-state index contributed by atoms with van der Waals surface area (Å²) in [6.07, 6.45) is -0.992. The molecule has 0 spiro atoms. The van der Waals surface area contributed by atoms with E-state index in [1.54, 1.807) is 0 Å². The first-order valence-corrected chi connectivity index (χ1v) is 20.5. The first kappa shape index (κ1) is 35.4. The lowest BCUT2D eigenvalue weighted by atomic mass is 10.00. The third-order valence-electron chi connectivity index (χ3n) is 10.6. The molecule has 7 heteroatoms. The fraction of sp³-hybridized carbons (Fsp3) is 0.0189. The van der Waals surface area contributed by atoms with Gasteiger partial charge in [0.05, 0.1) is 11.0 Å². The van der Waals surface area contributed by atoms with Crippen molar-refractivity contribution >= 4 is 59.8 Å². The highest BCUT2D eigenvalue weighted by atomic mass is 32.1. The fourth-order valence-electron chi connectivity index (χ4n) is 7.73. The number of hydrogen-bond donors (Lipinski definition) is 0. The van der Waals surface area contributed by atoms with E-state index in [-0.39, 0.29) is 6.61 Å². The fourth-order valence-corrected chi connectivity index (χ4v) is 8.80. The van der Waals surface area contributed by atoms with Crippen LogP contribution in [0, 0.1) is 0 Å². The van der Waals surface area contributed by atoms with E-state index in [0.29, 0.717) is 17.5 Å². The molecule has 0 amide bonds. The predicted molar refractivity (Wildman–Crippen MR) is 246 cm³/mol. The minimum Gasteiger partial charge on any atom is -0.463 e. The summed E-state index contributed by atoms with van der Waals surface area (Å²) in [6, 6.07) is 69.1. The van der Waals surface area contributed by atoms with E-state index in [0.717, 1.165) is 22.3 Å². The Morgan fingerprint density at radius 2 is 0.933 bits per heavy atom. The van der Waals surface area contributed by atoms with E-state index in [4.69, 9.17) is 16.3 Å². The third-order valence-corrected chi connectivity index (χ3v) is 11.7. The van der Waals surface area contributed by atoms with Crippen molar-refractivity contribution in [2.75, 3.05) is 0 Å². The summed E-state index contributed by atoms with van der Waals surface area (Å²) >= 11 is 1.82. The first-order valence-electron chi connectivity index (χ1n) is 20.2. The molecule has 0 saturated carbocycles. The molecular formula is C53H36N4O2S. The lowest BCUT2D eigenvalue weighted by Gasteiger charge is -2.09. The molecule has 0 aliphatic rings. The van der Waals surface area contributed by atoms with E-state index in [1.807, 2.05) is 102 Å². The van der Waals surface area contributed by atoms with Gasteiger partial charge in [-0.15, -0.1) is 11.3 Å². The molecule has 0 unspecified atom stereocenters. The number of carbonyl (C=O) groups excluding carboxylic acids is 1. The number of benzene rings is 8. The van der Waals surface area contributed by atoms with Gasteiger partial charge in [0.2, 0.25) is 0 Å². The van der Waals surface area contributed by atoms with Gasteiger partial charge in [-0.05, 0) is 77.4 Å². The monoisotopic (exact) mass is 794 g/mol. The van der Waals surface area contributed by atoms with Crippen LogP contribution >= 0.6 is 11.3 Å². The molecule has 11 aromatic rings. The Morgan fingerprint density at radius 1 is 0.467 bits per heavy atom. The Hall–Kier alpha value is -7.74. The molecule has 8 aromatic carbocycles. The second kappa shape index (κ2) is 16.3. The van der Waals surface area contributed by atoms with Crippen LogP contribution in [0.2, 0.25) is 0 Å². The Labute approximate surface area is 352 Å². The summed E-state index contributed by atoms with van der Waals surface area (Å²) in [5.41, 5.74) is 9.76. The van der Waals surface area contributed by atoms with Gasteiger partial charge < -0.3 is 9.30 Å². The van der Waals surface area contributed by atoms with Gasteiger partial charge in [-0.2, -0.15) is 0 Å². The highest BCUT2D eigenvalue weighted by Gasteiger charge is 2.16. The maximum absolute atomic E-state index is 10.1. The van der Waals surface area contributed by atoms with E-state index in [9.17, 15) is 4.79 Å². The number of ether oxygens (including phenoxy) is 1. The van der Waals surface area contributed by atoms with Gasteiger partial charge in [0.15, 0.2) is 18.8 Å². The zero-order valence-corrected chi connectivity index (χ0v) is 33.1. The van der Waals surface area contributed by atoms with Gasteiger partial charge >= 0.3 is 0 Å². The molecule has 0 radical (unpaired) electrons. The first-order chi connectivity index (χ1) is 30.1. The summed E-state index contributed by atoms with van der Waals surface area (Å²) in [5.74, 6) is 1.99. The predicted octanol–water partition coefficient (Wildman–Crippen LogP) is 13.4. The maximum Gasteiger partial charge on any atom is 0.293 e. The van der Waals surface area contributed by atoms with Crippen LogP contribution in [0.15, 0.2) is 200 Å². The quantitative estimate of drug-likeness (QED) is 0.150. The van der Waals surface area contributed by atoms with E-state index >= 15 is 0 Å². The standard InChI is InChI=1S/C45H28N4S.C8H8O2/c1-4-12-29(13-5-1)43-46-44(30-14-6-2-7-15-30)48-45(47-43)33-22-25-42-38(28-33)37-27-32(21-24-41(37)50-42)31-20-23-40-36(26-31)35-18-10-11-19-39(35)49(40)34-16-8-3-9-17-34;9-7-10-6-8-4-2-1-3-5-8/h1-28H;1-5,7H,6H2/i;7T. The number of para-hydroxylation sites is 2. The van der Waals surface area contributed by atoms with Gasteiger partial charge in [0.25, 0.3) is 6.45 Å². The molecule has 0 aliphatic carbocycles. The zero-order chi connectivity index (χ0) is 41.1. The molecule has 286 valence electrons. The van der Waals surface area contributed by atoms with E-state index < -0.39 is 6.45 Å². The number of thiophene rings is 1. The Bertz CT molecular complexity index is 3280. The highest BCUT2D eigenvalue weighted by molar-refractivity contribution is 7.25. The molecule has 0 atom stereocenters. The largest absolute Gasteiger partial charge is 0.463 e. The molecule has 60 heavy (non-hydrogen) atoms. The van der Waals surface area contributed by atoms with Crippen LogP contribution in [0.25, 0.3) is 93.0 Å². The summed E-state index contributed by atoms with van der Waals surface area (Å²) in [5, 5.41) is 4.94. The zero-order valence-electron chi connectivity index (χ0n) is 33.3. The molecule has 0 aliphatic heterocycles. The van der Waals surface area contributed by atoms with Crippen LogP contribution in [0.3, 0.4) is 0 Å². The molecule has 0 N–H and O–H groups in total. The van der Waals surface area contributed by atoms with Crippen LogP contribution in [-0.2, 0) is 16.1 Å². The SMILES string of the molecule is [3H]C(=O)OCc1ccccc1.c1ccc(-c2nc(-c3ccccc3)nc(-c3ccc4sc5ccc(-c6ccc7c(c6)c6ccccc6n7-c6ccccc6)cc5c4c3)n2)cc1. The number of aromatic nitrogens is 4. The molecule has 0 saturated heterocycles. The minimum atomic E-state index is -0.992.